The van der Waals surface area contributed by atoms with Gasteiger partial charge in [0.15, 0.2) is 0 Å². The molecule has 2 rings (SSSR count). The Morgan fingerprint density at radius 3 is 2.24 bits per heavy atom. The summed E-state index contributed by atoms with van der Waals surface area (Å²) in [6, 6.07) is 4.22. The molecule has 1 saturated carbocycles. The average Bonchev–Trinajstić information content (AvgIpc) is 2.29. The van der Waals surface area contributed by atoms with Gasteiger partial charge in [0, 0.05) is 18.2 Å². The maximum absolute atomic E-state index is 13.1. The number of hydrogen-bond donors (Lipinski definition) is 1. The molecule has 1 fully saturated rings. The fourth-order valence-electron chi connectivity index (χ4n) is 2.54. The highest BCUT2D eigenvalue weighted by Crippen LogP contribution is 2.22. The molecule has 0 heterocycles. The zero-order chi connectivity index (χ0) is 12.3. The molecule has 0 amide bonds. The largest absolute Gasteiger partial charge is 0.307 e. The smallest absolute Gasteiger partial charge is 0.126 e. The fraction of sp³-hybridized carbons (Fsp3) is 0.571. The first-order valence-corrected chi connectivity index (χ1v) is 6.37. The Kier molecular flexibility index (Phi) is 4.11. The van der Waals surface area contributed by atoms with E-state index in [1.54, 1.807) is 0 Å². The van der Waals surface area contributed by atoms with Crippen LogP contribution in [0.25, 0.3) is 0 Å². The second kappa shape index (κ2) is 5.58. The van der Waals surface area contributed by atoms with Gasteiger partial charge in [-0.1, -0.05) is 19.3 Å². The van der Waals surface area contributed by atoms with Gasteiger partial charge in [-0.2, -0.15) is 0 Å². The van der Waals surface area contributed by atoms with Crippen molar-refractivity contribution in [3.8, 4) is 0 Å². The van der Waals surface area contributed by atoms with Gasteiger partial charge in [-0.3, -0.25) is 0 Å². The molecule has 1 aromatic rings. The normalized spacial score (nSPS) is 19.2. The van der Waals surface area contributed by atoms with Crippen LogP contribution in [0.3, 0.4) is 0 Å². The summed E-state index contributed by atoms with van der Waals surface area (Å²) in [5.41, 5.74) is 0.688. The first kappa shape index (κ1) is 12.5. The molecule has 1 N–H and O–H groups in total. The van der Waals surface area contributed by atoms with Crippen LogP contribution in [0.15, 0.2) is 18.2 Å². The monoisotopic (exact) mass is 239 g/mol. The molecular formula is C14H19F2N. The van der Waals surface area contributed by atoms with E-state index in [0.29, 0.717) is 11.6 Å². The third-order valence-electron chi connectivity index (χ3n) is 3.48. The van der Waals surface area contributed by atoms with E-state index in [-0.39, 0.29) is 6.04 Å². The molecule has 3 heteroatoms. The molecule has 94 valence electrons. The van der Waals surface area contributed by atoms with Crippen molar-refractivity contribution in [3.63, 3.8) is 0 Å². The molecule has 1 nitrogen and oxygen atoms in total. The molecule has 1 atom stereocenters. The van der Waals surface area contributed by atoms with E-state index in [1.807, 2.05) is 6.92 Å². The predicted octanol–water partition coefficient (Wildman–Crippen LogP) is 3.95. The minimum atomic E-state index is -0.503. The Morgan fingerprint density at radius 1 is 1.06 bits per heavy atom. The quantitative estimate of drug-likeness (QED) is 0.842. The highest BCUT2D eigenvalue weighted by molar-refractivity contribution is 5.21. The lowest BCUT2D eigenvalue weighted by atomic mass is 9.94. The predicted molar refractivity (Wildman–Crippen MR) is 64.8 cm³/mol. The van der Waals surface area contributed by atoms with Crippen LogP contribution in [0.2, 0.25) is 0 Å². The highest BCUT2D eigenvalue weighted by Gasteiger charge is 2.17. The van der Waals surface area contributed by atoms with Crippen LogP contribution >= 0.6 is 0 Å². The summed E-state index contributed by atoms with van der Waals surface area (Å²) in [6.45, 7) is 1.96. The van der Waals surface area contributed by atoms with Gasteiger partial charge in [0.05, 0.1) is 0 Å². The molecule has 0 spiro atoms. The van der Waals surface area contributed by atoms with Crippen LogP contribution in [0.5, 0.6) is 0 Å². The Labute approximate surface area is 101 Å². The molecule has 0 saturated heterocycles. The standard InChI is InChI=1S/C14H19F2N/c1-10(17-14-5-3-2-4-6-14)11-7-12(15)9-13(16)8-11/h7-10,14,17H,2-6H2,1H3. The van der Waals surface area contributed by atoms with E-state index in [9.17, 15) is 8.78 Å². The molecule has 1 aliphatic rings. The molecule has 0 radical (unpaired) electrons. The van der Waals surface area contributed by atoms with Crippen LogP contribution in [0.1, 0.15) is 50.6 Å². The number of nitrogens with one attached hydrogen (secondary N) is 1. The summed E-state index contributed by atoms with van der Waals surface area (Å²) in [5.74, 6) is -1.01. The Morgan fingerprint density at radius 2 is 1.65 bits per heavy atom. The van der Waals surface area contributed by atoms with Gasteiger partial charge < -0.3 is 5.32 Å². The van der Waals surface area contributed by atoms with Gasteiger partial charge in [-0.25, -0.2) is 8.78 Å². The number of benzene rings is 1. The third kappa shape index (κ3) is 3.50. The topological polar surface area (TPSA) is 12.0 Å². The number of hydrogen-bond acceptors (Lipinski definition) is 1. The molecular weight excluding hydrogens is 220 g/mol. The summed E-state index contributed by atoms with van der Waals surface area (Å²) in [4.78, 5) is 0. The zero-order valence-corrected chi connectivity index (χ0v) is 10.2. The second-order valence-electron chi connectivity index (χ2n) is 4.93. The van der Waals surface area contributed by atoms with Crippen LogP contribution in [0.4, 0.5) is 8.78 Å². The molecule has 17 heavy (non-hydrogen) atoms. The minimum Gasteiger partial charge on any atom is -0.307 e. The Balaban J connectivity index is 2.00. The summed E-state index contributed by atoms with van der Waals surface area (Å²) < 4.78 is 26.2. The maximum Gasteiger partial charge on any atom is 0.126 e. The molecule has 0 aromatic heterocycles. The van der Waals surface area contributed by atoms with E-state index >= 15 is 0 Å². The van der Waals surface area contributed by atoms with Gasteiger partial charge in [-0.05, 0) is 37.5 Å². The van der Waals surface area contributed by atoms with E-state index in [1.165, 1.54) is 44.2 Å². The van der Waals surface area contributed by atoms with Gasteiger partial charge in [-0.15, -0.1) is 0 Å². The van der Waals surface area contributed by atoms with Gasteiger partial charge in [0.25, 0.3) is 0 Å². The fourth-order valence-corrected chi connectivity index (χ4v) is 2.54. The first-order valence-electron chi connectivity index (χ1n) is 6.37. The van der Waals surface area contributed by atoms with Crippen molar-refractivity contribution in [1.29, 1.82) is 0 Å². The van der Waals surface area contributed by atoms with Crippen molar-refractivity contribution in [2.45, 2.75) is 51.1 Å². The van der Waals surface area contributed by atoms with Gasteiger partial charge in [0.1, 0.15) is 11.6 Å². The second-order valence-corrected chi connectivity index (χ2v) is 4.93. The van der Waals surface area contributed by atoms with E-state index in [0.717, 1.165) is 6.07 Å². The lowest BCUT2D eigenvalue weighted by Gasteiger charge is -2.26. The lowest BCUT2D eigenvalue weighted by molar-refractivity contribution is 0.346. The van der Waals surface area contributed by atoms with Crippen molar-refractivity contribution in [3.05, 3.63) is 35.4 Å². The zero-order valence-electron chi connectivity index (χ0n) is 10.2. The Bertz CT molecular complexity index is 352. The molecule has 1 unspecified atom stereocenters. The van der Waals surface area contributed by atoms with Crippen LogP contribution in [-0.2, 0) is 0 Å². The molecule has 1 aromatic carbocycles. The minimum absolute atomic E-state index is 0.00306. The SMILES string of the molecule is CC(NC1CCCCC1)c1cc(F)cc(F)c1. The first-order chi connectivity index (χ1) is 8.15. The van der Waals surface area contributed by atoms with Gasteiger partial charge in [0.2, 0.25) is 0 Å². The molecule has 1 aliphatic carbocycles. The van der Waals surface area contributed by atoms with Crippen molar-refractivity contribution in [2.75, 3.05) is 0 Å². The summed E-state index contributed by atoms with van der Waals surface area (Å²) in [6.07, 6.45) is 6.15. The maximum atomic E-state index is 13.1. The van der Waals surface area contributed by atoms with E-state index in [4.69, 9.17) is 0 Å². The summed E-state index contributed by atoms with van der Waals surface area (Å²) in [7, 11) is 0. The van der Waals surface area contributed by atoms with E-state index < -0.39 is 11.6 Å². The van der Waals surface area contributed by atoms with Crippen molar-refractivity contribution in [1.82, 2.24) is 5.32 Å². The third-order valence-corrected chi connectivity index (χ3v) is 3.48. The molecule has 0 aliphatic heterocycles. The highest BCUT2D eigenvalue weighted by atomic mass is 19.1. The van der Waals surface area contributed by atoms with Crippen molar-refractivity contribution in [2.24, 2.45) is 0 Å². The van der Waals surface area contributed by atoms with Crippen LogP contribution in [0, 0.1) is 11.6 Å². The lowest BCUT2D eigenvalue weighted by Crippen LogP contribution is -2.33. The Hall–Kier alpha value is -0.960. The van der Waals surface area contributed by atoms with Gasteiger partial charge >= 0.3 is 0 Å². The molecule has 0 bridgehead atoms. The van der Waals surface area contributed by atoms with E-state index in [2.05, 4.69) is 5.32 Å². The summed E-state index contributed by atoms with van der Waals surface area (Å²) >= 11 is 0. The van der Waals surface area contributed by atoms with Crippen LogP contribution < -0.4 is 5.32 Å². The van der Waals surface area contributed by atoms with Crippen molar-refractivity contribution < 1.29 is 8.78 Å². The van der Waals surface area contributed by atoms with Crippen molar-refractivity contribution >= 4 is 0 Å². The average molecular weight is 239 g/mol. The number of halogens is 2. The summed E-state index contributed by atoms with van der Waals surface area (Å²) in [5, 5.41) is 3.46. The van der Waals surface area contributed by atoms with Crippen LogP contribution in [-0.4, -0.2) is 6.04 Å². The number of rotatable bonds is 3.